The molecule has 1 aromatic rings. The van der Waals surface area contributed by atoms with E-state index < -0.39 is 0 Å². The molecule has 1 saturated heterocycles. The van der Waals surface area contributed by atoms with Crippen LogP contribution in [0.2, 0.25) is 5.02 Å². The summed E-state index contributed by atoms with van der Waals surface area (Å²) in [4.78, 5) is 0. The Morgan fingerprint density at radius 2 is 2.38 bits per heavy atom. The molecular weight excluding hydrogens is 222 g/mol. The summed E-state index contributed by atoms with van der Waals surface area (Å²) in [6.45, 7) is 2.28. The minimum absolute atomic E-state index is 0.726. The summed E-state index contributed by atoms with van der Waals surface area (Å²) in [5.41, 5.74) is 1.26. The number of halogens is 1. The van der Waals surface area contributed by atoms with Crippen molar-refractivity contribution in [3.63, 3.8) is 0 Å². The van der Waals surface area contributed by atoms with Gasteiger partial charge in [0, 0.05) is 5.02 Å². The van der Waals surface area contributed by atoms with Gasteiger partial charge in [0.2, 0.25) is 0 Å². The highest BCUT2D eigenvalue weighted by atomic mass is 35.5. The molecule has 1 aromatic carbocycles. The lowest BCUT2D eigenvalue weighted by molar-refractivity contribution is 0.364. The van der Waals surface area contributed by atoms with E-state index >= 15 is 0 Å². The fraction of sp³-hybridized carbons (Fsp3) is 0.538. The normalized spacial score (nSPS) is 20.8. The van der Waals surface area contributed by atoms with Gasteiger partial charge in [-0.2, -0.15) is 0 Å². The number of hydrogen-bond donors (Lipinski definition) is 1. The minimum Gasteiger partial charge on any atom is -0.496 e. The summed E-state index contributed by atoms with van der Waals surface area (Å²) >= 11 is 5.95. The molecule has 0 spiro atoms. The van der Waals surface area contributed by atoms with Crippen molar-refractivity contribution in [3.05, 3.63) is 28.8 Å². The maximum Gasteiger partial charge on any atom is 0.123 e. The molecule has 0 bridgehead atoms. The highest BCUT2D eigenvalue weighted by molar-refractivity contribution is 6.30. The molecule has 0 radical (unpaired) electrons. The van der Waals surface area contributed by atoms with Crippen LogP contribution in [0.1, 0.15) is 18.4 Å². The van der Waals surface area contributed by atoms with Crippen molar-refractivity contribution >= 4 is 11.6 Å². The van der Waals surface area contributed by atoms with E-state index in [1.54, 1.807) is 7.11 Å². The molecule has 1 atom stereocenters. The van der Waals surface area contributed by atoms with Gasteiger partial charge in [0.1, 0.15) is 5.75 Å². The number of nitrogens with one attached hydrogen (secondary N) is 1. The number of benzene rings is 1. The standard InChI is InChI=1S/C13H18ClNO/c1-16-13-8-12(14)5-4-11(13)7-10-3-2-6-15-9-10/h4-5,8,10,15H,2-3,6-7,9H2,1H3. The molecule has 0 amide bonds. The number of piperidine rings is 1. The van der Waals surface area contributed by atoms with Crippen molar-refractivity contribution in [2.24, 2.45) is 5.92 Å². The third-order valence-electron chi connectivity index (χ3n) is 3.16. The molecule has 1 aliphatic rings. The van der Waals surface area contributed by atoms with Gasteiger partial charge in [-0.05, 0) is 56.0 Å². The van der Waals surface area contributed by atoms with Crippen molar-refractivity contribution in [2.45, 2.75) is 19.3 Å². The summed E-state index contributed by atoms with van der Waals surface area (Å²) in [5, 5.41) is 4.18. The third kappa shape index (κ3) is 2.89. The Labute approximate surface area is 102 Å². The number of methoxy groups -OCH3 is 1. The Morgan fingerprint density at radius 3 is 3.06 bits per heavy atom. The van der Waals surface area contributed by atoms with Gasteiger partial charge in [-0.1, -0.05) is 17.7 Å². The zero-order valence-electron chi connectivity index (χ0n) is 9.63. The van der Waals surface area contributed by atoms with Gasteiger partial charge in [-0.25, -0.2) is 0 Å². The molecule has 1 aliphatic heterocycles. The van der Waals surface area contributed by atoms with Crippen LogP contribution in [-0.4, -0.2) is 20.2 Å². The van der Waals surface area contributed by atoms with E-state index in [1.165, 1.54) is 18.4 Å². The highest BCUT2D eigenvalue weighted by Gasteiger charge is 2.15. The van der Waals surface area contributed by atoms with E-state index in [-0.39, 0.29) is 0 Å². The molecule has 2 rings (SSSR count). The first-order valence-electron chi connectivity index (χ1n) is 5.82. The van der Waals surface area contributed by atoms with Crippen LogP contribution in [0.15, 0.2) is 18.2 Å². The van der Waals surface area contributed by atoms with Crippen LogP contribution in [0.4, 0.5) is 0 Å². The van der Waals surface area contributed by atoms with Crippen LogP contribution in [0.5, 0.6) is 5.75 Å². The first-order valence-corrected chi connectivity index (χ1v) is 6.20. The summed E-state index contributed by atoms with van der Waals surface area (Å²) in [6, 6.07) is 5.92. The molecule has 1 N–H and O–H groups in total. The maximum atomic E-state index is 5.95. The zero-order chi connectivity index (χ0) is 11.4. The van der Waals surface area contributed by atoms with Gasteiger partial charge >= 0.3 is 0 Å². The molecule has 88 valence electrons. The topological polar surface area (TPSA) is 21.3 Å². The first-order chi connectivity index (χ1) is 7.79. The minimum atomic E-state index is 0.726. The number of ether oxygens (including phenoxy) is 1. The lowest BCUT2D eigenvalue weighted by atomic mass is 9.92. The van der Waals surface area contributed by atoms with Crippen LogP contribution < -0.4 is 10.1 Å². The van der Waals surface area contributed by atoms with E-state index in [9.17, 15) is 0 Å². The predicted octanol–water partition coefficient (Wildman–Crippen LogP) is 2.89. The number of rotatable bonds is 3. The Hall–Kier alpha value is -0.730. The molecule has 0 saturated carbocycles. The Morgan fingerprint density at radius 1 is 1.50 bits per heavy atom. The molecule has 0 aromatic heterocycles. The summed E-state index contributed by atoms with van der Waals surface area (Å²) in [6.07, 6.45) is 3.66. The van der Waals surface area contributed by atoms with Crippen molar-refractivity contribution < 1.29 is 4.74 Å². The predicted molar refractivity (Wildman–Crippen MR) is 67.3 cm³/mol. The summed E-state index contributed by atoms with van der Waals surface area (Å²) in [7, 11) is 1.70. The van der Waals surface area contributed by atoms with Gasteiger partial charge in [0.05, 0.1) is 7.11 Å². The van der Waals surface area contributed by atoms with Gasteiger partial charge in [-0.15, -0.1) is 0 Å². The van der Waals surface area contributed by atoms with Gasteiger partial charge < -0.3 is 10.1 Å². The first kappa shape index (κ1) is 11.7. The molecule has 1 unspecified atom stereocenters. The second-order valence-corrected chi connectivity index (χ2v) is 4.81. The van der Waals surface area contributed by atoms with Crippen molar-refractivity contribution in [3.8, 4) is 5.75 Å². The average molecular weight is 240 g/mol. The molecule has 3 heteroatoms. The van der Waals surface area contributed by atoms with Crippen LogP contribution in [0, 0.1) is 5.92 Å². The SMILES string of the molecule is COc1cc(Cl)ccc1CC1CCCNC1. The highest BCUT2D eigenvalue weighted by Crippen LogP contribution is 2.27. The molecule has 2 nitrogen and oxygen atoms in total. The molecule has 0 aliphatic carbocycles. The lowest BCUT2D eigenvalue weighted by Crippen LogP contribution is -2.30. The van der Waals surface area contributed by atoms with E-state index in [4.69, 9.17) is 16.3 Å². The third-order valence-corrected chi connectivity index (χ3v) is 3.39. The van der Waals surface area contributed by atoms with Gasteiger partial charge in [0.25, 0.3) is 0 Å². The fourth-order valence-corrected chi connectivity index (χ4v) is 2.46. The van der Waals surface area contributed by atoms with Crippen LogP contribution >= 0.6 is 11.6 Å². The maximum absolute atomic E-state index is 5.95. The number of hydrogen-bond acceptors (Lipinski definition) is 2. The Bertz CT molecular complexity index is 348. The monoisotopic (exact) mass is 239 g/mol. The lowest BCUT2D eigenvalue weighted by Gasteiger charge is -2.23. The fourth-order valence-electron chi connectivity index (χ4n) is 2.30. The second-order valence-electron chi connectivity index (χ2n) is 4.37. The Kier molecular flexibility index (Phi) is 4.08. The van der Waals surface area contributed by atoms with Crippen LogP contribution in [-0.2, 0) is 6.42 Å². The summed E-state index contributed by atoms with van der Waals surface area (Å²) < 4.78 is 5.36. The largest absolute Gasteiger partial charge is 0.496 e. The van der Waals surface area contributed by atoms with Crippen LogP contribution in [0.3, 0.4) is 0 Å². The van der Waals surface area contributed by atoms with Crippen LogP contribution in [0.25, 0.3) is 0 Å². The van der Waals surface area contributed by atoms with Crippen molar-refractivity contribution in [1.29, 1.82) is 0 Å². The Balaban J connectivity index is 2.07. The smallest absolute Gasteiger partial charge is 0.123 e. The zero-order valence-corrected chi connectivity index (χ0v) is 10.4. The van der Waals surface area contributed by atoms with Gasteiger partial charge in [-0.3, -0.25) is 0 Å². The van der Waals surface area contributed by atoms with E-state index in [0.717, 1.165) is 36.2 Å². The average Bonchev–Trinajstić information content (AvgIpc) is 2.33. The summed E-state index contributed by atoms with van der Waals surface area (Å²) in [5.74, 6) is 1.64. The van der Waals surface area contributed by atoms with E-state index in [1.807, 2.05) is 12.1 Å². The van der Waals surface area contributed by atoms with E-state index in [0.29, 0.717) is 0 Å². The molecule has 1 fully saturated rings. The molecule has 16 heavy (non-hydrogen) atoms. The second kappa shape index (κ2) is 5.55. The van der Waals surface area contributed by atoms with Crippen molar-refractivity contribution in [2.75, 3.05) is 20.2 Å². The van der Waals surface area contributed by atoms with E-state index in [2.05, 4.69) is 11.4 Å². The molecular formula is C13H18ClNO. The van der Waals surface area contributed by atoms with Crippen molar-refractivity contribution in [1.82, 2.24) is 5.32 Å². The molecule has 1 heterocycles. The quantitative estimate of drug-likeness (QED) is 0.876. The van der Waals surface area contributed by atoms with Gasteiger partial charge in [0.15, 0.2) is 0 Å².